The van der Waals surface area contributed by atoms with Crippen LogP contribution in [-0.4, -0.2) is 38.8 Å². The highest BCUT2D eigenvalue weighted by molar-refractivity contribution is 8.26. The summed E-state index contributed by atoms with van der Waals surface area (Å²) in [4.78, 5) is 26.7. The SMILES string of the molecule is COC(=O)[C@H](C)N1C(=O)/C(=C\c2cn(Cc3ccccc3)c3ccccc23)SC1=S. The molecule has 4 rings (SSSR count). The Kier molecular flexibility index (Phi) is 5.74. The van der Waals surface area contributed by atoms with Gasteiger partial charge in [-0.05, 0) is 24.6 Å². The van der Waals surface area contributed by atoms with Crippen molar-refractivity contribution >= 4 is 57.2 Å². The van der Waals surface area contributed by atoms with Crippen molar-refractivity contribution in [2.45, 2.75) is 19.5 Å². The Balaban J connectivity index is 1.70. The standard InChI is InChI=1S/C23H20N2O3S2/c1-15(22(27)28-2)25-21(26)20(30-23(25)29)12-17-14-24(13-16-8-4-3-5-9-16)19-11-7-6-10-18(17)19/h3-12,14-15H,13H2,1-2H3/b20-12+/t15-/m0/s1. The molecule has 0 saturated carbocycles. The maximum atomic E-state index is 13.0. The quantitative estimate of drug-likeness (QED) is 0.336. The van der Waals surface area contributed by atoms with Crippen LogP contribution in [0.2, 0.25) is 0 Å². The molecule has 7 heteroatoms. The first-order valence-corrected chi connectivity index (χ1v) is 10.7. The highest BCUT2D eigenvalue weighted by Crippen LogP contribution is 2.35. The second-order valence-electron chi connectivity index (χ2n) is 6.97. The van der Waals surface area contributed by atoms with Crippen LogP contribution < -0.4 is 0 Å². The van der Waals surface area contributed by atoms with Crippen molar-refractivity contribution in [3.63, 3.8) is 0 Å². The van der Waals surface area contributed by atoms with E-state index in [0.717, 1.165) is 23.0 Å². The molecular weight excluding hydrogens is 416 g/mol. The summed E-state index contributed by atoms with van der Waals surface area (Å²) in [5.74, 6) is -0.769. The lowest BCUT2D eigenvalue weighted by molar-refractivity contribution is -0.147. The van der Waals surface area contributed by atoms with Crippen molar-refractivity contribution in [2.75, 3.05) is 7.11 Å². The minimum absolute atomic E-state index is 0.275. The lowest BCUT2D eigenvalue weighted by Crippen LogP contribution is -2.42. The van der Waals surface area contributed by atoms with Gasteiger partial charge in [0.25, 0.3) is 5.91 Å². The van der Waals surface area contributed by atoms with Crippen molar-refractivity contribution in [3.8, 4) is 0 Å². The third-order valence-electron chi connectivity index (χ3n) is 5.05. The number of benzene rings is 2. The van der Waals surface area contributed by atoms with E-state index in [1.807, 2.05) is 48.7 Å². The molecule has 152 valence electrons. The van der Waals surface area contributed by atoms with Crippen molar-refractivity contribution < 1.29 is 14.3 Å². The van der Waals surface area contributed by atoms with Crippen LogP contribution in [0, 0.1) is 0 Å². The van der Waals surface area contributed by atoms with Crippen LogP contribution >= 0.6 is 24.0 Å². The predicted octanol–water partition coefficient (Wildman–Crippen LogP) is 4.45. The van der Waals surface area contributed by atoms with E-state index in [9.17, 15) is 9.59 Å². The first kappa shape index (κ1) is 20.4. The van der Waals surface area contributed by atoms with Crippen LogP contribution in [-0.2, 0) is 20.9 Å². The molecule has 0 bridgehead atoms. The van der Waals surface area contributed by atoms with E-state index in [2.05, 4.69) is 22.8 Å². The second-order valence-corrected chi connectivity index (χ2v) is 8.64. The second kappa shape index (κ2) is 8.45. The number of esters is 1. The number of methoxy groups -OCH3 is 1. The normalized spacial score (nSPS) is 16.5. The van der Waals surface area contributed by atoms with Gasteiger partial charge in [-0.3, -0.25) is 9.69 Å². The molecule has 3 aromatic rings. The maximum absolute atomic E-state index is 13.0. The molecule has 0 N–H and O–H groups in total. The first-order chi connectivity index (χ1) is 14.5. The number of rotatable bonds is 5. The van der Waals surface area contributed by atoms with E-state index in [1.165, 1.54) is 29.3 Å². The number of aromatic nitrogens is 1. The van der Waals surface area contributed by atoms with Crippen LogP contribution in [0.1, 0.15) is 18.1 Å². The molecular formula is C23H20N2O3S2. The number of hydrogen-bond donors (Lipinski definition) is 0. The van der Waals surface area contributed by atoms with Gasteiger partial charge in [-0.1, -0.05) is 72.5 Å². The Morgan fingerprint density at radius 3 is 2.60 bits per heavy atom. The van der Waals surface area contributed by atoms with E-state index in [1.54, 1.807) is 6.92 Å². The molecule has 1 fully saturated rings. The van der Waals surface area contributed by atoms with Crippen molar-refractivity contribution in [3.05, 3.63) is 76.8 Å². The van der Waals surface area contributed by atoms with E-state index >= 15 is 0 Å². The van der Waals surface area contributed by atoms with E-state index in [-0.39, 0.29) is 5.91 Å². The topological polar surface area (TPSA) is 51.5 Å². The van der Waals surface area contributed by atoms with Gasteiger partial charge < -0.3 is 9.30 Å². The van der Waals surface area contributed by atoms with Gasteiger partial charge in [0.1, 0.15) is 10.4 Å². The number of amides is 1. The largest absolute Gasteiger partial charge is 0.467 e. The monoisotopic (exact) mass is 436 g/mol. The van der Waals surface area contributed by atoms with E-state index in [0.29, 0.717) is 9.23 Å². The van der Waals surface area contributed by atoms with Crippen LogP contribution in [0.4, 0.5) is 0 Å². The first-order valence-electron chi connectivity index (χ1n) is 9.46. The Bertz CT molecular complexity index is 1170. The van der Waals surface area contributed by atoms with Gasteiger partial charge in [0.2, 0.25) is 0 Å². The molecule has 2 aromatic carbocycles. The van der Waals surface area contributed by atoms with E-state index in [4.69, 9.17) is 17.0 Å². The fraction of sp³-hybridized carbons (Fsp3) is 0.174. The molecule has 1 amide bonds. The molecule has 5 nitrogen and oxygen atoms in total. The summed E-state index contributed by atoms with van der Waals surface area (Å²) in [5, 5.41) is 1.06. The van der Waals surface area contributed by atoms with Crippen LogP contribution in [0.15, 0.2) is 65.7 Å². The van der Waals surface area contributed by atoms with Crippen molar-refractivity contribution in [2.24, 2.45) is 0 Å². The summed E-state index contributed by atoms with van der Waals surface area (Å²) in [6.45, 7) is 2.35. The highest BCUT2D eigenvalue weighted by Gasteiger charge is 2.38. The maximum Gasteiger partial charge on any atom is 0.328 e. The van der Waals surface area contributed by atoms with E-state index < -0.39 is 12.0 Å². The lowest BCUT2D eigenvalue weighted by atomic mass is 10.1. The van der Waals surface area contributed by atoms with Gasteiger partial charge in [-0.25, -0.2) is 4.79 Å². The number of ether oxygens (including phenoxy) is 1. The molecule has 1 aromatic heterocycles. The number of hydrogen-bond acceptors (Lipinski definition) is 5. The predicted molar refractivity (Wildman–Crippen MR) is 124 cm³/mol. The highest BCUT2D eigenvalue weighted by atomic mass is 32.2. The van der Waals surface area contributed by atoms with Crippen molar-refractivity contribution in [1.29, 1.82) is 0 Å². The zero-order chi connectivity index (χ0) is 21.3. The Morgan fingerprint density at radius 2 is 1.87 bits per heavy atom. The smallest absolute Gasteiger partial charge is 0.328 e. The minimum Gasteiger partial charge on any atom is -0.467 e. The van der Waals surface area contributed by atoms with Crippen molar-refractivity contribution in [1.82, 2.24) is 9.47 Å². The average Bonchev–Trinajstić information content (AvgIpc) is 3.24. The number of nitrogens with zero attached hydrogens (tertiary/aromatic N) is 2. The molecule has 2 heterocycles. The fourth-order valence-electron chi connectivity index (χ4n) is 3.53. The van der Waals surface area contributed by atoms with Crippen LogP contribution in [0.5, 0.6) is 0 Å². The van der Waals surface area contributed by atoms with Crippen LogP contribution in [0.25, 0.3) is 17.0 Å². The Labute approximate surface area is 184 Å². The van der Waals surface area contributed by atoms with Gasteiger partial charge in [0.15, 0.2) is 0 Å². The van der Waals surface area contributed by atoms with Gasteiger partial charge in [-0.15, -0.1) is 0 Å². The Hall–Kier alpha value is -2.90. The fourth-order valence-corrected chi connectivity index (χ4v) is 4.94. The molecule has 0 radical (unpaired) electrons. The lowest BCUT2D eigenvalue weighted by Gasteiger charge is -2.20. The number of para-hydroxylation sites is 1. The summed E-state index contributed by atoms with van der Waals surface area (Å²) in [6, 6.07) is 17.6. The molecule has 0 unspecified atom stereocenters. The minimum atomic E-state index is -0.757. The van der Waals surface area contributed by atoms with Gasteiger partial charge in [-0.2, -0.15) is 0 Å². The zero-order valence-electron chi connectivity index (χ0n) is 16.6. The number of carbonyl (C=O) groups is 2. The van der Waals surface area contributed by atoms with Gasteiger partial charge in [0.05, 0.1) is 12.0 Å². The summed E-state index contributed by atoms with van der Waals surface area (Å²) >= 11 is 6.56. The molecule has 0 aliphatic carbocycles. The average molecular weight is 437 g/mol. The molecule has 0 spiro atoms. The summed E-state index contributed by atoms with van der Waals surface area (Å²) < 4.78 is 7.30. The molecule has 1 aliphatic rings. The van der Waals surface area contributed by atoms with Crippen LogP contribution in [0.3, 0.4) is 0 Å². The number of fused-ring (bicyclic) bond motifs is 1. The zero-order valence-corrected chi connectivity index (χ0v) is 18.2. The summed E-state index contributed by atoms with van der Waals surface area (Å²) in [6.07, 6.45) is 3.90. The summed E-state index contributed by atoms with van der Waals surface area (Å²) in [5.41, 5.74) is 3.22. The number of carbonyl (C=O) groups excluding carboxylic acids is 2. The number of thioether (sulfide) groups is 1. The molecule has 1 aliphatic heterocycles. The third kappa shape index (κ3) is 3.78. The Morgan fingerprint density at radius 1 is 1.17 bits per heavy atom. The molecule has 1 saturated heterocycles. The third-order valence-corrected chi connectivity index (χ3v) is 6.39. The van der Waals surface area contributed by atoms with Gasteiger partial charge >= 0.3 is 5.97 Å². The molecule has 30 heavy (non-hydrogen) atoms. The molecule has 1 atom stereocenters. The van der Waals surface area contributed by atoms with Gasteiger partial charge in [0, 0.05) is 29.2 Å². The number of thiocarbonyl (C=S) groups is 1. The summed E-state index contributed by atoms with van der Waals surface area (Å²) in [7, 11) is 1.30.